The summed E-state index contributed by atoms with van der Waals surface area (Å²) in [7, 11) is 1.83. The average molecular weight is 329 g/mol. The van der Waals surface area contributed by atoms with Crippen molar-refractivity contribution in [2.24, 2.45) is 17.8 Å². The fourth-order valence-electron chi connectivity index (χ4n) is 4.14. The minimum Gasteiger partial charge on any atom is -0.381 e. The molecule has 1 nitrogen and oxygen atoms in total. The molecule has 0 radical (unpaired) electrons. The van der Waals surface area contributed by atoms with Crippen LogP contribution in [0.1, 0.15) is 77.6 Å². The average Bonchev–Trinajstić information content (AvgIpc) is 2.64. The highest BCUT2D eigenvalue weighted by Gasteiger charge is 2.19. The Labute approximate surface area is 149 Å². The van der Waals surface area contributed by atoms with Gasteiger partial charge in [0.2, 0.25) is 0 Å². The molecule has 0 aromatic heterocycles. The molecule has 0 N–H and O–H groups in total. The molecule has 2 rings (SSSR count). The second-order valence-corrected chi connectivity index (χ2v) is 7.70. The monoisotopic (exact) mass is 328 g/mol. The predicted molar refractivity (Wildman–Crippen MR) is 104 cm³/mol. The first-order valence-electron chi connectivity index (χ1n) is 10.2. The van der Waals surface area contributed by atoms with Crippen molar-refractivity contribution in [3.63, 3.8) is 0 Å². The fraction of sp³-hybridized carbons (Fsp3) is 0.739. The van der Waals surface area contributed by atoms with Gasteiger partial charge in [-0.15, -0.1) is 0 Å². The van der Waals surface area contributed by atoms with E-state index in [9.17, 15) is 0 Å². The highest BCUT2D eigenvalue weighted by atomic mass is 16.5. The van der Waals surface area contributed by atoms with Crippen molar-refractivity contribution in [2.75, 3.05) is 7.11 Å². The lowest BCUT2D eigenvalue weighted by atomic mass is 9.80. The zero-order chi connectivity index (χ0) is 17.0. The molecule has 0 aromatic rings. The fourth-order valence-corrected chi connectivity index (χ4v) is 4.14. The lowest BCUT2D eigenvalue weighted by Crippen LogP contribution is -2.19. The van der Waals surface area contributed by atoms with Gasteiger partial charge in [0.05, 0.1) is 6.10 Å². The first kappa shape index (κ1) is 19.3. The highest BCUT2D eigenvalue weighted by Crippen LogP contribution is 2.32. The molecule has 0 saturated heterocycles. The van der Waals surface area contributed by atoms with Crippen LogP contribution in [0.2, 0.25) is 0 Å². The Morgan fingerprint density at radius 1 is 0.833 bits per heavy atom. The minimum atomic E-state index is 0.487. The lowest BCUT2D eigenvalue weighted by molar-refractivity contribution is 0.0627. The Morgan fingerprint density at radius 2 is 1.38 bits per heavy atom. The van der Waals surface area contributed by atoms with Gasteiger partial charge in [-0.05, 0) is 81.3 Å². The molecule has 2 aliphatic carbocycles. The van der Waals surface area contributed by atoms with Crippen LogP contribution in [0.3, 0.4) is 0 Å². The maximum Gasteiger partial charge on any atom is 0.0571 e. The van der Waals surface area contributed by atoms with Gasteiger partial charge in [0, 0.05) is 7.11 Å². The van der Waals surface area contributed by atoms with Crippen LogP contribution in [0.15, 0.2) is 24.3 Å². The molecule has 0 spiro atoms. The van der Waals surface area contributed by atoms with Gasteiger partial charge in [-0.3, -0.25) is 0 Å². The second kappa shape index (κ2) is 11.5. The molecular formula is C23H36O. The summed E-state index contributed by atoms with van der Waals surface area (Å²) >= 11 is 0. The van der Waals surface area contributed by atoms with Gasteiger partial charge in [-0.1, -0.05) is 50.2 Å². The summed E-state index contributed by atoms with van der Waals surface area (Å²) in [6.07, 6.45) is 23.9. The number of rotatable bonds is 6. The quantitative estimate of drug-likeness (QED) is 0.520. The molecular weight excluding hydrogens is 292 g/mol. The SMILES string of the molecule is CCCCC1CCC(/C=C/C#C/C=C/C2CCC(OC)CC2)CC1. The van der Waals surface area contributed by atoms with Gasteiger partial charge >= 0.3 is 0 Å². The van der Waals surface area contributed by atoms with Crippen LogP contribution in [0.25, 0.3) is 0 Å². The van der Waals surface area contributed by atoms with Crippen molar-refractivity contribution in [1.82, 2.24) is 0 Å². The van der Waals surface area contributed by atoms with Gasteiger partial charge < -0.3 is 4.74 Å². The van der Waals surface area contributed by atoms with E-state index in [1.165, 1.54) is 70.6 Å². The first-order valence-corrected chi connectivity index (χ1v) is 10.2. The molecule has 2 aliphatic rings. The number of hydrogen-bond donors (Lipinski definition) is 0. The minimum absolute atomic E-state index is 0.487. The van der Waals surface area contributed by atoms with Gasteiger partial charge in [0.1, 0.15) is 0 Å². The van der Waals surface area contributed by atoms with Crippen molar-refractivity contribution in [1.29, 1.82) is 0 Å². The van der Waals surface area contributed by atoms with Crippen molar-refractivity contribution in [3.8, 4) is 11.8 Å². The van der Waals surface area contributed by atoms with Gasteiger partial charge in [0.15, 0.2) is 0 Å². The molecule has 134 valence electrons. The molecule has 2 fully saturated rings. The molecule has 0 atom stereocenters. The summed E-state index contributed by atoms with van der Waals surface area (Å²) in [5, 5.41) is 0. The van der Waals surface area contributed by atoms with E-state index in [-0.39, 0.29) is 0 Å². The Kier molecular flexibility index (Phi) is 9.29. The molecule has 0 bridgehead atoms. The maximum atomic E-state index is 5.42. The van der Waals surface area contributed by atoms with Gasteiger partial charge in [0.25, 0.3) is 0 Å². The third-order valence-electron chi connectivity index (χ3n) is 5.90. The summed E-state index contributed by atoms with van der Waals surface area (Å²) in [6.45, 7) is 2.30. The summed E-state index contributed by atoms with van der Waals surface area (Å²) in [6, 6.07) is 0. The molecule has 0 heterocycles. The molecule has 0 amide bonds. The van der Waals surface area contributed by atoms with Crippen LogP contribution in [-0.4, -0.2) is 13.2 Å². The molecule has 1 heteroatoms. The van der Waals surface area contributed by atoms with Crippen LogP contribution in [-0.2, 0) is 4.74 Å². The van der Waals surface area contributed by atoms with E-state index in [4.69, 9.17) is 4.74 Å². The van der Waals surface area contributed by atoms with E-state index in [1.54, 1.807) is 0 Å². The predicted octanol–water partition coefficient (Wildman–Crippen LogP) is 6.30. The summed E-state index contributed by atoms with van der Waals surface area (Å²) in [5.41, 5.74) is 0. The van der Waals surface area contributed by atoms with E-state index in [1.807, 2.05) is 7.11 Å². The van der Waals surface area contributed by atoms with Gasteiger partial charge in [-0.2, -0.15) is 0 Å². The Bertz CT molecular complexity index is 434. The number of hydrogen-bond acceptors (Lipinski definition) is 1. The molecule has 0 aliphatic heterocycles. The van der Waals surface area contributed by atoms with Crippen LogP contribution >= 0.6 is 0 Å². The lowest BCUT2D eigenvalue weighted by Gasteiger charge is -2.26. The van der Waals surface area contributed by atoms with Crippen LogP contribution < -0.4 is 0 Å². The summed E-state index contributed by atoms with van der Waals surface area (Å²) in [5.74, 6) is 8.85. The number of unbranched alkanes of at least 4 members (excludes halogenated alkanes) is 1. The van der Waals surface area contributed by atoms with E-state index in [2.05, 4.69) is 43.1 Å². The first-order chi connectivity index (χ1) is 11.8. The van der Waals surface area contributed by atoms with Crippen molar-refractivity contribution in [3.05, 3.63) is 24.3 Å². The maximum absolute atomic E-state index is 5.42. The van der Waals surface area contributed by atoms with Crippen molar-refractivity contribution >= 4 is 0 Å². The highest BCUT2D eigenvalue weighted by molar-refractivity contribution is 5.24. The van der Waals surface area contributed by atoms with Crippen molar-refractivity contribution < 1.29 is 4.74 Å². The zero-order valence-electron chi connectivity index (χ0n) is 15.8. The topological polar surface area (TPSA) is 9.23 Å². The van der Waals surface area contributed by atoms with E-state index in [0.29, 0.717) is 12.0 Å². The molecule has 2 saturated carbocycles. The number of ether oxygens (including phenoxy) is 1. The third kappa shape index (κ3) is 7.27. The largest absolute Gasteiger partial charge is 0.381 e. The Hall–Kier alpha value is -1.00. The molecule has 0 aromatic carbocycles. The zero-order valence-corrected chi connectivity index (χ0v) is 15.8. The molecule has 24 heavy (non-hydrogen) atoms. The molecule has 0 unspecified atom stereocenters. The standard InChI is InChI=1S/C23H36O/c1-3-4-9-20-12-14-21(15-13-20)10-7-5-6-8-11-22-16-18-23(24-2)19-17-22/h7-8,10-11,20-23H,3-4,9,12-19H2,1-2H3/b10-7+,11-8+. The Morgan fingerprint density at radius 3 is 1.88 bits per heavy atom. The van der Waals surface area contributed by atoms with Crippen LogP contribution in [0.4, 0.5) is 0 Å². The Balaban J connectivity index is 1.61. The normalized spacial score (nSPS) is 31.2. The van der Waals surface area contributed by atoms with E-state index in [0.717, 1.165) is 11.8 Å². The number of allylic oxidation sites excluding steroid dienone is 4. The summed E-state index contributed by atoms with van der Waals surface area (Å²) < 4.78 is 5.42. The second-order valence-electron chi connectivity index (χ2n) is 7.70. The third-order valence-corrected chi connectivity index (χ3v) is 5.90. The van der Waals surface area contributed by atoms with E-state index < -0.39 is 0 Å². The summed E-state index contributed by atoms with van der Waals surface area (Å²) in [4.78, 5) is 0. The number of methoxy groups -OCH3 is 1. The smallest absolute Gasteiger partial charge is 0.0571 e. The van der Waals surface area contributed by atoms with Crippen LogP contribution in [0.5, 0.6) is 0 Å². The van der Waals surface area contributed by atoms with E-state index >= 15 is 0 Å². The van der Waals surface area contributed by atoms with Gasteiger partial charge in [-0.25, -0.2) is 0 Å². The van der Waals surface area contributed by atoms with Crippen LogP contribution in [0, 0.1) is 29.6 Å². The van der Waals surface area contributed by atoms with Crippen molar-refractivity contribution in [2.45, 2.75) is 83.7 Å².